The van der Waals surface area contributed by atoms with Crippen molar-refractivity contribution in [3.8, 4) is 0 Å². The van der Waals surface area contributed by atoms with Crippen molar-refractivity contribution in [2.75, 3.05) is 7.11 Å². The number of rotatable bonds is 6. The van der Waals surface area contributed by atoms with Crippen LogP contribution in [0.15, 0.2) is 28.8 Å². The van der Waals surface area contributed by atoms with Gasteiger partial charge in [0.05, 0.1) is 12.9 Å². The second-order valence-electron chi connectivity index (χ2n) is 4.68. The summed E-state index contributed by atoms with van der Waals surface area (Å²) in [6.45, 7) is 3.85. The highest BCUT2D eigenvalue weighted by Crippen LogP contribution is 2.18. The second kappa shape index (κ2) is 7.26. The van der Waals surface area contributed by atoms with Gasteiger partial charge in [-0.25, -0.2) is 0 Å². The predicted octanol–water partition coefficient (Wildman–Crippen LogP) is 2.76. The number of hydrogen-bond donors (Lipinski definition) is 0. The van der Waals surface area contributed by atoms with Gasteiger partial charge in [-0.3, -0.25) is 4.79 Å². The Bertz CT molecular complexity index is 612. The number of carbonyl (C=O) groups is 1. The number of nitrogens with zero attached hydrogens (tertiary/aromatic N) is 2. The van der Waals surface area contributed by atoms with Crippen LogP contribution < -0.4 is 0 Å². The fourth-order valence-electron chi connectivity index (χ4n) is 1.83. The van der Waals surface area contributed by atoms with E-state index < -0.39 is 0 Å². The average molecular weight is 306 g/mol. The van der Waals surface area contributed by atoms with Crippen molar-refractivity contribution >= 4 is 17.7 Å². The van der Waals surface area contributed by atoms with Gasteiger partial charge in [0, 0.05) is 6.42 Å². The summed E-state index contributed by atoms with van der Waals surface area (Å²) in [4.78, 5) is 15.7. The third kappa shape index (κ3) is 4.32. The molecule has 0 fully saturated rings. The largest absolute Gasteiger partial charge is 0.468 e. The number of ether oxygens (including phenoxy) is 1. The highest BCUT2D eigenvalue weighted by molar-refractivity contribution is 7.99. The van der Waals surface area contributed by atoms with Crippen LogP contribution >= 0.6 is 11.8 Å². The second-order valence-corrected chi connectivity index (χ2v) is 6.01. The molecule has 0 aliphatic heterocycles. The molecule has 21 heavy (non-hydrogen) atoms. The quantitative estimate of drug-likeness (QED) is 0.765. The Morgan fingerprint density at radius 3 is 2.90 bits per heavy atom. The molecular weight excluding hydrogens is 288 g/mol. The summed E-state index contributed by atoms with van der Waals surface area (Å²) < 4.78 is 9.88. The summed E-state index contributed by atoms with van der Waals surface area (Å²) in [6.07, 6.45) is 0.646. The van der Waals surface area contributed by atoms with Gasteiger partial charge in [-0.15, -0.1) is 11.8 Å². The van der Waals surface area contributed by atoms with Crippen LogP contribution in [0.3, 0.4) is 0 Å². The van der Waals surface area contributed by atoms with Crippen LogP contribution in [-0.2, 0) is 21.7 Å². The SMILES string of the molecule is COC(=O)[C@@H](C)SCc1nc(Cc2ccccc2C)no1. The van der Waals surface area contributed by atoms with E-state index in [1.165, 1.54) is 30.0 Å². The number of esters is 1. The number of aromatic nitrogens is 2. The van der Waals surface area contributed by atoms with E-state index in [2.05, 4.69) is 33.9 Å². The molecule has 6 heteroatoms. The molecular formula is C15H18N2O3S. The van der Waals surface area contributed by atoms with Gasteiger partial charge in [-0.2, -0.15) is 4.98 Å². The van der Waals surface area contributed by atoms with Crippen molar-refractivity contribution in [2.45, 2.75) is 31.3 Å². The first-order valence-corrected chi connectivity index (χ1v) is 7.70. The standard InChI is InChI=1S/C15H18N2O3S/c1-10-6-4-5-7-12(10)8-13-16-14(20-17-13)9-21-11(2)15(18)19-3/h4-7,11H,8-9H2,1-3H3/t11-/m1/s1. The Balaban J connectivity index is 1.93. The molecule has 0 N–H and O–H groups in total. The molecule has 1 aromatic carbocycles. The summed E-state index contributed by atoms with van der Waals surface area (Å²) in [7, 11) is 1.38. The molecule has 0 unspecified atom stereocenters. The zero-order valence-corrected chi connectivity index (χ0v) is 13.1. The maximum Gasteiger partial charge on any atom is 0.318 e. The number of thioether (sulfide) groups is 1. The van der Waals surface area contributed by atoms with Gasteiger partial charge in [-0.05, 0) is 25.0 Å². The average Bonchev–Trinajstić information content (AvgIpc) is 2.94. The van der Waals surface area contributed by atoms with Crippen molar-refractivity contribution < 1.29 is 14.1 Å². The zero-order chi connectivity index (χ0) is 15.2. The first kappa shape index (κ1) is 15.6. The normalized spacial score (nSPS) is 12.1. The van der Waals surface area contributed by atoms with Crippen molar-refractivity contribution in [3.63, 3.8) is 0 Å². The van der Waals surface area contributed by atoms with E-state index in [4.69, 9.17) is 4.52 Å². The van der Waals surface area contributed by atoms with Gasteiger partial charge in [0.1, 0.15) is 5.25 Å². The van der Waals surface area contributed by atoms with E-state index in [0.717, 1.165) is 0 Å². The smallest absolute Gasteiger partial charge is 0.318 e. The lowest BCUT2D eigenvalue weighted by atomic mass is 10.1. The maximum absolute atomic E-state index is 11.3. The first-order chi connectivity index (χ1) is 10.1. The van der Waals surface area contributed by atoms with Crippen LogP contribution in [0.1, 0.15) is 29.8 Å². The van der Waals surface area contributed by atoms with Crippen molar-refractivity contribution in [1.82, 2.24) is 10.1 Å². The van der Waals surface area contributed by atoms with Crippen molar-refractivity contribution in [1.29, 1.82) is 0 Å². The van der Waals surface area contributed by atoms with E-state index in [0.29, 0.717) is 23.9 Å². The summed E-state index contributed by atoms with van der Waals surface area (Å²) in [5.74, 6) is 1.43. The number of hydrogen-bond acceptors (Lipinski definition) is 6. The molecule has 0 saturated carbocycles. The highest BCUT2D eigenvalue weighted by Gasteiger charge is 2.16. The molecule has 0 bridgehead atoms. The Hall–Kier alpha value is -1.82. The Labute approximate surface area is 128 Å². The fourth-order valence-corrected chi connectivity index (χ4v) is 2.57. The summed E-state index contributed by atoms with van der Waals surface area (Å²) >= 11 is 1.41. The third-order valence-corrected chi connectivity index (χ3v) is 4.22. The van der Waals surface area contributed by atoms with Gasteiger partial charge in [0.15, 0.2) is 5.82 Å². The van der Waals surface area contributed by atoms with Crippen molar-refractivity contribution in [2.24, 2.45) is 0 Å². The monoisotopic (exact) mass is 306 g/mol. The molecule has 0 radical (unpaired) electrons. The summed E-state index contributed by atoms with van der Waals surface area (Å²) in [5.41, 5.74) is 2.39. The Kier molecular flexibility index (Phi) is 5.38. The molecule has 2 aromatic rings. The molecule has 0 aliphatic rings. The van der Waals surface area contributed by atoms with E-state index in [1.54, 1.807) is 6.92 Å². The first-order valence-electron chi connectivity index (χ1n) is 6.65. The minimum Gasteiger partial charge on any atom is -0.468 e. The summed E-state index contributed by atoms with van der Waals surface area (Å²) in [6, 6.07) is 8.12. The number of methoxy groups -OCH3 is 1. The van der Waals surface area contributed by atoms with Gasteiger partial charge in [-0.1, -0.05) is 29.4 Å². The van der Waals surface area contributed by atoms with E-state index in [-0.39, 0.29) is 11.2 Å². The van der Waals surface area contributed by atoms with Crippen LogP contribution in [-0.4, -0.2) is 28.5 Å². The molecule has 0 spiro atoms. The Morgan fingerprint density at radius 2 is 2.19 bits per heavy atom. The van der Waals surface area contributed by atoms with Gasteiger partial charge >= 0.3 is 5.97 Å². The van der Waals surface area contributed by atoms with E-state index >= 15 is 0 Å². The van der Waals surface area contributed by atoms with Gasteiger partial charge in [0.25, 0.3) is 0 Å². The molecule has 0 saturated heterocycles. The van der Waals surface area contributed by atoms with Crippen LogP contribution in [0.4, 0.5) is 0 Å². The van der Waals surface area contributed by atoms with Crippen LogP contribution in [0.2, 0.25) is 0 Å². The molecule has 112 valence electrons. The molecule has 0 amide bonds. The maximum atomic E-state index is 11.3. The lowest BCUT2D eigenvalue weighted by molar-refractivity contribution is -0.139. The van der Waals surface area contributed by atoms with E-state index in [1.807, 2.05) is 12.1 Å². The molecule has 0 aliphatic carbocycles. The zero-order valence-electron chi connectivity index (χ0n) is 12.3. The lowest BCUT2D eigenvalue weighted by Crippen LogP contribution is -2.14. The van der Waals surface area contributed by atoms with Gasteiger partial charge < -0.3 is 9.26 Å². The van der Waals surface area contributed by atoms with Crippen LogP contribution in [0, 0.1) is 6.92 Å². The molecule has 1 aromatic heterocycles. The topological polar surface area (TPSA) is 65.2 Å². The third-order valence-electron chi connectivity index (χ3n) is 3.11. The minimum absolute atomic E-state index is 0.248. The number of benzene rings is 1. The molecule has 1 atom stereocenters. The predicted molar refractivity (Wildman–Crippen MR) is 81.1 cm³/mol. The van der Waals surface area contributed by atoms with Crippen molar-refractivity contribution in [3.05, 3.63) is 47.1 Å². The molecule has 2 rings (SSSR count). The van der Waals surface area contributed by atoms with Crippen LogP contribution in [0.5, 0.6) is 0 Å². The highest BCUT2D eigenvalue weighted by atomic mass is 32.2. The summed E-state index contributed by atoms with van der Waals surface area (Å²) in [5, 5.41) is 3.73. The minimum atomic E-state index is -0.250. The molecule has 5 nitrogen and oxygen atoms in total. The lowest BCUT2D eigenvalue weighted by Gasteiger charge is -2.05. The van der Waals surface area contributed by atoms with E-state index in [9.17, 15) is 4.79 Å². The number of aryl methyl sites for hydroxylation is 1. The fraction of sp³-hybridized carbons (Fsp3) is 0.400. The number of carbonyl (C=O) groups excluding carboxylic acids is 1. The van der Waals surface area contributed by atoms with Crippen LogP contribution in [0.25, 0.3) is 0 Å². The Morgan fingerprint density at radius 1 is 1.43 bits per heavy atom. The molecule has 1 heterocycles. The van der Waals surface area contributed by atoms with Gasteiger partial charge in [0.2, 0.25) is 5.89 Å².